The van der Waals surface area contributed by atoms with Gasteiger partial charge < -0.3 is 9.84 Å². The first-order valence-electron chi connectivity index (χ1n) is 5.52. The zero-order chi connectivity index (χ0) is 16.0. The average Bonchev–Trinajstić information content (AvgIpc) is 2.15. The minimum absolute atomic E-state index is 0.265. The first-order valence-corrected chi connectivity index (χ1v) is 7.84. The summed E-state index contributed by atoms with van der Waals surface area (Å²) in [7, 11) is -0.00113. The fourth-order valence-electron chi connectivity index (χ4n) is 1.72. The first-order chi connectivity index (χ1) is 8.72. The standard InChI is InChI=1S/C10H14F6O2S2/c1-7(2,3)18-6-5(17)4-19-20-8(6,9(11,12)13)10(14,15)16/h5-6,17H,4H2,1-3H3. The van der Waals surface area contributed by atoms with E-state index in [9.17, 15) is 31.4 Å². The SMILES string of the molecule is CC(C)(C)OC1C(O)CSSC1(C(F)(F)F)C(F)(F)F. The molecule has 1 rings (SSSR count). The lowest BCUT2D eigenvalue weighted by atomic mass is 9.94. The van der Waals surface area contributed by atoms with Gasteiger partial charge in [-0.25, -0.2) is 0 Å². The van der Waals surface area contributed by atoms with Crippen molar-refractivity contribution in [2.75, 3.05) is 5.75 Å². The molecule has 0 aromatic rings. The predicted octanol–water partition coefficient (Wildman–Crippen LogP) is 3.79. The Morgan fingerprint density at radius 2 is 1.50 bits per heavy atom. The van der Waals surface area contributed by atoms with Gasteiger partial charge in [-0.15, -0.1) is 0 Å². The Labute approximate surface area is 120 Å². The van der Waals surface area contributed by atoms with E-state index in [-0.39, 0.29) is 16.5 Å². The molecule has 0 aromatic carbocycles. The molecule has 2 atom stereocenters. The second kappa shape index (κ2) is 5.44. The van der Waals surface area contributed by atoms with Gasteiger partial charge in [0, 0.05) is 5.75 Å². The molecule has 20 heavy (non-hydrogen) atoms. The Bertz CT molecular complexity index is 335. The molecule has 120 valence electrons. The molecular formula is C10H14F6O2S2. The maximum Gasteiger partial charge on any atom is 0.415 e. The zero-order valence-electron chi connectivity index (χ0n) is 10.8. The Hall–Kier alpha value is 0.200. The number of alkyl halides is 6. The molecule has 0 radical (unpaired) electrons. The van der Waals surface area contributed by atoms with E-state index in [4.69, 9.17) is 4.74 Å². The minimum Gasteiger partial charge on any atom is -0.389 e. The van der Waals surface area contributed by atoms with Crippen LogP contribution in [0.5, 0.6) is 0 Å². The Morgan fingerprint density at radius 3 is 1.85 bits per heavy atom. The third kappa shape index (κ3) is 3.33. The summed E-state index contributed by atoms with van der Waals surface area (Å²) in [6.45, 7) is 4.01. The summed E-state index contributed by atoms with van der Waals surface area (Å²) < 4.78 is 79.7. The molecule has 0 bridgehead atoms. The number of aliphatic hydroxyl groups is 1. The fourth-order valence-corrected chi connectivity index (χ4v) is 4.81. The van der Waals surface area contributed by atoms with E-state index in [0.29, 0.717) is 10.8 Å². The van der Waals surface area contributed by atoms with Gasteiger partial charge in [-0.2, -0.15) is 26.3 Å². The van der Waals surface area contributed by atoms with Gasteiger partial charge in [0.05, 0.1) is 11.7 Å². The number of hydrogen-bond acceptors (Lipinski definition) is 4. The highest BCUT2D eigenvalue weighted by atomic mass is 33.1. The molecule has 1 aliphatic rings. The summed E-state index contributed by atoms with van der Waals surface area (Å²) in [4.78, 5) is 0. The van der Waals surface area contributed by atoms with Gasteiger partial charge in [-0.05, 0) is 20.8 Å². The van der Waals surface area contributed by atoms with Crippen molar-refractivity contribution in [3.05, 3.63) is 0 Å². The van der Waals surface area contributed by atoms with E-state index in [1.807, 2.05) is 0 Å². The van der Waals surface area contributed by atoms with Crippen molar-refractivity contribution in [2.45, 2.75) is 55.7 Å². The highest BCUT2D eigenvalue weighted by Gasteiger charge is 2.78. The quantitative estimate of drug-likeness (QED) is 0.579. The van der Waals surface area contributed by atoms with Crippen LogP contribution in [0, 0.1) is 0 Å². The van der Waals surface area contributed by atoms with Gasteiger partial charge in [0.1, 0.15) is 6.10 Å². The van der Waals surface area contributed by atoms with Crippen molar-refractivity contribution in [2.24, 2.45) is 0 Å². The molecule has 1 N–H and O–H groups in total. The summed E-state index contributed by atoms with van der Waals surface area (Å²) in [5, 5.41) is 9.64. The molecule has 2 nitrogen and oxygen atoms in total. The van der Waals surface area contributed by atoms with Crippen LogP contribution in [0.3, 0.4) is 0 Å². The van der Waals surface area contributed by atoms with Crippen LogP contribution in [-0.2, 0) is 4.74 Å². The van der Waals surface area contributed by atoms with Crippen LogP contribution in [0.2, 0.25) is 0 Å². The van der Waals surface area contributed by atoms with Crippen molar-refractivity contribution in [3.63, 3.8) is 0 Å². The predicted molar refractivity (Wildman–Crippen MR) is 65.5 cm³/mol. The lowest BCUT2D eigenvalue weighted by Crippen LogP contribution is -2.68. The van der Waals surface area contributed by atoms with E-state index in [1.54, 1.807) is 0 Å². The molecule has 0 aromatic heterocycles. The van der Waals surface area contributed by atoms with Crippen molar-refractivity contribution >= 4 is 21.6 Å². The molecule has 10 heteroatoms. The van der Waals surface area contributed by atoms with Gasteiger partial charge in [0.15, 0.2) is 0 Å². The Kier molecular flexibility index (Phi) is 4.96. The largest absolute Gasteiger partial charge is 0.415 e. The molecule has 1 aliphatic heterocycles. The van der Waals surface area contributed by atoms with Crippen LogP contribution in [0.4, 0.5) is 26.3 Å². The van der Waals surface area contributed by atoms with Crippen LogP contribution in [-0.4, -0.2) is 45.8 Å². The summed E-state index contributed by atoms with van der Waals surface area (Å²) in [6, 6.07) is 0. The van der Waals surface area contributed by atoms with Crippen LogP contribution in [0.1, 0.15) is 20.8 Å². The highest BCUT2D eigenvalue weighted by molar-refractivity contribution is 8.77. The van der Waals surface area contributed by atoms with Gasteiger partial charge in [-0.1, -0.05) is 21.6 Å². The minimum atomic E-state index is -5.60. The topological polar surface area (TPSA) is 29.5 Å². The lowest BCUT2D eigenvalue weighted by Gasteiger charge is -2.47. The van der Waals surface area contributed by atoms with Crippen LogP contribution < -0.4 is 0 Å². The van der Waals surface area contributed by atoms with Crippen LogP contribution in [0.15, 0.2) is 0 Å². The fraction of sp³-hybridized carbons (Fsp3) is 1.00. The lowest BCUT2D eigenvalue weighted by molar-refractivity contribution is -0.306. The number of halogens is 6. The van der Waals surface area contributed by atoms with Crippen LogP contribution in [0.25, 0.3) is 0 Å². The Morgan fingerprint density at radius 1 is 1.05 bits per heavy atom. The molecular weight excluding hydrogens is 330 g/mol. The molecule has 0 aliphatic carbocycles. The van der Waals surface area contributed by atoms with E-state index in [1.165, 1.54) is 20.8 Å². The number of ether oxygens (including phenoxy) is 1. The average molecular weight is 344 g/mol. The van der Waals surface area contributed by atoms with Gasteiger partial charge in [0.2, 0.25) is 4.75 Å². The monoisotopic (exact) mass is 344 g/mol. The second-order valence-corrected chi connectivity index (χ2v) is 7.90. The van der Waals surface area contributed by atoms with Crippen molar-refractivity contribution in [1.82, 2.24) is 0 Å². The first kappa shape index (κ1) is 18.2. The highest BCUT2D eigenvalue weighted by Crippen LogP contribution is 2.61. The summed E-state index contributed by atoms with van der Waals surface area (Å²) >= 11 is 0. The number of aliphatic hydroxyl groups excluding tert-OH is 1. The number of rotatable bonds is 1. The molecule has 0 amide bonds. The normalized spacial score (nSPS) is 28.5. The van der Waals surface area contributed by atoms with Crippen molar-refractivity contribution < 1.29 is 36.2 Å². The molecule has 1 fully saturated rings. The maximum atomic E-state index is 13.1. The molecule has 0 spiro atoms. The third-order valence-electron chi connectivity index (χ3n) is 2.50. The molecule has 1 heterocycles. The summed E-state index contributed by atoms with van der Waals surface area (Å²) in [6.07, 6.45) is -15.5. The Balaban J connectivity index is 3.36. The zero-order valence-corrected chi connectivity index (χ0v) is 12.4. The second-order valence-electron chi connectivity index (χ2n) is 5.32. The van der Waals surface area contributed by atoms with Crippen molar-refractivity contribution in [1.29, 1.82) is 0 Å². The third-order valence-corrected chi connectivity index (χ3v) is 5.61. The van der Waals surface area contributed by atoms with Gasteiger partial charge in [0.25, 0.3) is 0 Å². The summed E-state index contributed by atoms with van der Waals surface area (Å²) in [5.41, 5.74) is -1.25. The van der Waals surface area contributed by atoms with Gasteiger partial charge >= 0.3 is 12.4 Å². The number of hydrogen-bond donors (Lipinski definition) is 1. The van der Waals surface area contributed by atoms with E-state index in [0.717, 1.165) is 0 Å². The smallest absolute Gasteiger partial charge is 0.389 e. The van der Waals surface area contributed by atoms with E-state index in [2.05, 4.69) is 0 Å². The maximum absolute atomic E-state index is 13.1. The molecule has 1 saturated heterocycles. The summed E-state index contributed by atoms with van der Waals surface area (Å²) in [5.74, 6) is -0.265. The van der Waals surface area contributed by atoms with E-state index < -0.39 is 34.9 Å². The van der Waals surface area contributed by atoms with E-state index >= 15 is 0 Å². The molecule has 2 unspecified atom stereocenters. The van der Waals surface area contributed by atoms with Crippen molar-refractivity contribution in [3.8, 4) is 0 Å². The van der Waals surface area contributed by atoms with Gasteiger partial charge in [-0.3, -0.25) is 0 Å². The molecule has 0 saturated carbocycles. The van der Waals surface area contributed by atoms with Crippen LogP contribution >= 0.6 is 21.6 Å².